The number of amidine groups is 1. The largest absolute Gasteiger partial charge is 0.409 e. The SMILES string of the molecule is NC(CCCNC(=O)c1cscn1)=NO. The molecule has 0 aliphatic rings. The van der Waals surface area contributed by atoms with Gasteiger partial charge in [-0.2, -0.15) is 0 Å². The average Bonchev–Trinajstić information content (AvgIpc) is 2.77. The van der Waals surface area contributed by atoms with Gasteiger partial charge >= 0.3 is 0 Å². The summed E-state index contributed by atoms with van der Waals surface area (Å²) in [5.74, 6) is -0.0336. The zero-order valence-corrected chi connectivity index (χ0v) is 8.83. The number of nitrogens with two attached hydrogens (primary N) is 1. The molecule has 1 heterocycles. The summed E-state index contributed by atoms with van der Waals surface area (Å²) >= 11 is 1.37. The maximum atomic E-state index is 11.3. The van der Waals surface area contributed by atoms with Gasteiger partial charge in [0.25, 0.3) is 5.91 Å². The standard InChI is InChI=1S/C8H12N4O2S/c9-7(12-14)2-1-3-10-8(13)6-4-15-5-11-6/h4-5,14H,1-3H2,(H2,9,12)(H,10,13). The molecule has 1 aromatic heterocycles. The molecule has 0 aliphatic carbocycles. The lowest BCUT2D eigenvalue weighted by atomic mass is 10.3. The molecule has 0 unspecified atom stereocenters. The van der Waals surface area contributed by atoms with Crippen LogP contribution >= 0.6 is 11.3 Å². The van der Waals surface area contributed by atoms with Gasteiger partial charge in [-0.05, 0) is 6.42 Å². The Morgan fingerprint density at radius 3 is 3.13 bits per heavy atom. The van der Waals surface area contributed by atoms with Crippen LogP contribution in [0.3, 0.4) is 0 Å². The summed E-state index contributed by atoms with van der Waals surface area (Å²) in [5, 5.41) is 15.4. The fourth-order valence-corrected chi connectivity index (χ4v) is 1.47. The maximum Gasteiger partial charge on any atom is 0.270 e. The second kappa shape index (κ2) is 5.97. The number of carbonyl (C=O) groups is 1. The molecular weight excluding hydrogens is 216 g/mol. The van der Waals surface area contributed by atoms with Crippen molar-refractivity contribution in [3.05, 3.63) is 16.6 Å². The number of amides is 1. The van der Waals surface area contributed by atoms with Crippen LogP contribution in [0.4, 0.5) is 0 Å². The zero-order valence-electron chi connectivity index (χ0n) is 8.01. The molecule has 0 bridgehead atoms. The third kappa shape index (κ3) is 3.94. The Morgan fingerprint density at radius 2 is 2.53 bits per heavy atom. The normalized spacial score (nSPS) is 11.3. The van der Waals surface area contributed by atoms with E-state index in [0.29, 0.717) is 25.1 Å². The summed E-state index contributed by atoms with van der Waals surface area (Å²) < 4.78 is 0. The summed E-state index contributed by atoms with van der Waals surface area (Å²) in [6.07, 6.45) is 1.08. The summed E-state index contributed by atoms with van der Waals surface area (Å²) in [6, 6.07) is 0. The first kappa shape index (κ1) is 11.4. The van der Waals surface area contributed by atoms with Crippen LogP contribution in [0, 0.1) is 0 Å². The van der Waals surface area contributed by atoms with E-state index in [9.17, 15) is 4.79 Å². The maximum absolute atomic E-state index is 11.3. The first-order valence-corrected chi connectivity index (χ1v) is 5.31. The van der Waals surface area contributed by atoms with Crippen molar-refractivity contribution >= 4 is 23.1 Å². The fourth-order valence-electron chi connectivity index (χ4n) is 0.937. The van der Waals surface area contributed by atoms with E-state index in [1.165, 1.54) is 11.3 Å². The number of rotatable bonds is 5. The zero-order chi connectivity index (χ0) is 11.1. The number of nitrogens with zero attached hydrogens (tertiary/aromatic N) is 2. The van der Waals surface area contributed by atoms with Gasteiger partial charge in [0.05, 0.1) is 5.51 Å². The van der Waals surface area contributed by atoms with Crippen molar-refractivity contribution in [1.82, 2.24) is 10.3 Å². The van der Waals surface area contributed by atoms with Gasteiger partial charge in [-0.15, -0.1) is 11.3 Å². The molecule has 0 atom stereocenters. The van der Waals surface area contributed by atoms with Gasteiger partial charge in [-0.3, -0.25) is 4.79 Å². The molecule has 82 valence electrons. The van der Waals surface area contributed by atoms with Crippen molar-refractivity contribution in [3.8, 4) is 0 Å². The van der Waals surface area contributed by atoms with Gasteiger partial charge in [0.15, 0.2) is 0 Å². The van der Waals surface area contributed by atoms with Crippen LogP contribution in [-0.4, -0.2) is 28.5 Å². The van der Waals surface area contributed by atoms with E-state index in [1.807, 2.05) is 0 Å². The molecule has 1 amide bonds. The Hall–Kier alpha value is -1.63. The van der Waals surface area contributed by atoms with E-state index in [1.54, 1.807) is 10.9 Å². The highest BCUT2D eigenvalue weighted by molar-refractivity contribution is 7.07. The Kier molecular flexibility index (Phi) is 4.55. The highest BCUT2D eigenvalue weighted by Gasteiger charge is 2.05. The van der Waals surface area contributed by atoms with Gasteiger partial charge in [-0.1, -0.05) is 5.16 Å². The monoisotopic (exact) mass is 228 g/mol. The minimum atomic E-state index is -0.198. The van der Waals surface area contributed by atoms with Gasteiger partial charge < -0.3 is 16.3 Å². The first-order chi connectivity index (χ1) is 7.24. The predicted molar refractivity (Wildman–Crippen MR) is 57.1 cm³/mol. The lowest BCUT2D eigenvalue weighted by Gasteiger charge is -2.01. The Labute approximate surface area is 90.8 Å². The van der Waals surface area contributed by atoms with Crippen molar-refractivity contribution in [3.63, 3.8) is 0 Å². The van der Waals surface area contributed by atoms with Crippen LogP contribution in [-0.2, 0) is 0 Å². The van der Waals surface area contributed by atoms with Gasteiger partial charge in [-0.25, -0.2) is 4.98 Å². The molecule has 0 saturated heterocycles. The van der Waals surface area contributed by atoms with Gasteiger partial charge in [0, 0.05) is 18.3 Å². The number of aromatic nitrogens is 1. The van der Waals surface area contributed by atoms with Crippen LogP contribution in [0.1, 0.15) is 23.3 Å². The quantitative estimate of drug-likeness (QED) is 0.223. The molecule has 1 rings (SSSR count). The van der Waals surface area contributed by atoms with Crippen LogP contribution in [0.2, 0.25) is 0 Å². The number of carbonyl (C=O) groups excluding carboxylic acids is 1. The molecule has 7 heteroatoms. The van der Waals surface area contributed by atoms with Gasteiger partial charge in [0.2, 0.25) is 0 Å². The highest BCUT2D eigenvalue weighted by Crippen LogP contribution is 2.00. The topological polar surface area (TPSA) is 101 Å². The number of thiazole rings is 1. The van der Waals surface area contributed by atoms with Crippen LogP contribution in [0.15, 0.2) is 16.0 Å². The lowest BCUT2D eigenvalue weighted by molar-refractivity contribution is 0.0949. The number of hydrogen-bond acceptors (Lipinski definition) is 5. The predicted octanol–water partition coefficient (Wildman–Crippen LogP) is 0.399. The fraction of sp³-hybridized carbons (Fsp3) is 0.375. The van der Waals surface area contributed by atoms with Crippen molar-refractivity contribution in [1.29, 1.82) is 0 Å². The highest BCUT2D eigenvalue weighted by atomic mass is 32.1. The van der Waals surface area contributed by atoms with Crippen molar-refractivity contribution in [2.45, 2.75) is 12.8 Å². The molecule has 0 fully saturated rings. The van der Waals surface area contributed by atoms with Crippen LogP contribution in [0.25, 0.3) is 0 Å². The lowest BCUT2D eigenvalue weighted by Crippen LogP contribution is -2.25. The van der Waals surface area contributed by atoms with E-state index in [4.69, 9.17) is 10.9 Å². The van der Waals surface area contributed by atoms with Crippen molar-refractivity contribution in [2.75, 3.05) is 6.54 Å². The summed E-state index contributed by atoms with van der Waals surface area (Å²) in [7, 11) is 0. The third-order valence-corrected chi connectivity index (χ3v) is 2.28. The molecule has 0 aliphatic heterocycles. The van der Waals surface area contributed by atoms with Crippen LogP contribution in [0.5, 0.6) is 0 Å². The smallest absolute Gasteiger partial charge is 0.270 e. The molecule has 0 radical (unpaired) electrons. The summed E-state index contributed by atoms with van der Waals surface area (Å²) in [6.45, 7) is 0.479. The van der Waals surface area contributed by atoms with E-state index in [0.717, 1.165) is 0 Å². The van der Waals surface area contributed by atoms with Gasteiger partial charge in [0.1, 0.15) is 11.5 Å². The Morgan fingerprint density at radius 1 is 1.73 bits per heavy atom. The van der Waals surface area contributed by atoms with E-state index in [2.05, 4.69) is 15.5 Å². The molecule has 0 spiro atoms. The van der Waals surface area contributed by atoms with Crippen LogP contribution < -0.4 is 11.1 Å². The molecule has 6 nitrogen and oxygen atoms in total. The number of hydrogen-bond donors (Lipinski definition) is 3. The summed E-state index contributed by atoms with van der Waals surface area (Å²) in [5.41, 5.74) is 7.28. The third-order valence-electron chi connectivity index (χ3n) is 1.69. The second-order valence-corrected chi connectivity index (χ2v) is 3.54. The number of oxime groups is 1. The minimum Gasteiger partial charge on any atom is -0.409 e. The van der Waals surface area contributed by atoms with E-state index >= 15 is 0 Å². The first-order valence-electron chi connectivity index (χ1n) is 4.37. The molecule has 4 N–H and O–H groups in total. The summed E-state index contributed by atoms with van der Waals surface area (Å²) in [4.78, 5) is 15.2. The Bertz CT molecular complexity index is 336. The van der Waals surface area contributed by atoms with Crippen molar-refractivity contribution < 1.29 is 10.0 Å². The minimum absolute atomic E-state index is 0.165. The molecular formula is C8H12N4O2S. The number of nitrogens with one attached hydrogen (secondary N) is 1. The van der Waals surface area contributed by atoms with E-state index in [-0.39, 0.29) is 11.7 Å². The molecule has 0 saturated carbocycles. The van der Waals surface area contributed by atoms with E-state index < -0.39 is 0 Å². The molecule has 15 heavy (non-hydrogen) atoms. The second-order valence-electron chi connectivity index (χ2n) is 2.82. The molecule has 0 aromatic carbocycles. The molecule has 1 aromatic rings. The van der Waals surface area contributed by atoms with Crippen molar-refractivity contribution in [2.24, 2.45) is 10.9 Å². The average molecular weight is 228 g/mol. The Balaban J connectivity index is 2.19.